The number of aromatic amines is 1. The topological polar surface area (TPSA) is 65.1 Å². The highest BCUT2D eigenvalue weighted by Crippen LogP contribution is 2.38. The third kappa shape index (κ3) is 1.89. The van der Waals surface area contributed by atoms with Crippen molar-refractivity contribution >= 4 is 11.5 Å². The summed E-state index contributed by atoms with van der Waals surface area (Å²) in [4.78, 5) is 16.0. The standard InChI is InChI=1S/C18H14N2O2/c21-12-7-5-11(6-8-12)16-18(22)17-14(9-10-19-17)13-3-1-2-4-15(13)20-16/h1-10,16,19-21H. The molecule has 1 aliphatic heterocycles. The third-order valence-corrected chi connectivity index (χ3v) is 4.00. The second-order valence-corrected chi connectivity index (χ2v) is 5.35. The van der Waals surface area contributed by atoms with E-state index in [1.54, 1.807) is 30.5 Å². The van der Waals surface area contributed by atoms with Gasteiger partial charge in [-0.25, -0.2) is 0 Å². The Hall–Kier alpha value is -3.01. The van der Waals surface area contributed by atoms with Gasteiger partial charge >= 0.3 is 0 Å². The predicted molar refractivity (Wildman–Crippen MR) is 85.0 cm³/mol. The minimum atomic E-state index is -0.485. The molecule has 4 heteroatoms. The molecule has 4 nitrogen and oxygen atoms in total. The highest BCUT2D eigenvalue weighted by molar-refractivity contribution is 6.09. The first-order valence-corrected chi connectivity index (χ1v) is 7.10. The molecule has 0 fully saturated rings. The molecule has 3 aromatic rings. The van der Waals surface area contributed by atoms with Gasteiger partial charge in [0.25, 0.3) is 0 Å². The van der Waals surface area contributed by atoms with Crippen LogP contribution >= 0.6 is 0 Å². The summed E-state index contributed by atoms with van der Waals surface area (Å²) in [6.07, 6.45) is 1.79. The first kappa shape index (κ1) is 12.7. The summed E-state index contributed by atoms with van der Waals surface area (Å²) >= 11 is 0. The van der Waals surface area contributed by atoms with E-state index in [1.165, 1.54) is 0 Å². The van der Waals surface area contributed by atoms with Gasteiger partial charge in [0.2, 0.25) is 5.78 Å². The largest absolute Gasteiger partial charge is 0.508 e. The van der Waals surface area contributed by atoms with Crippen LogP contribution < -0.4 is 5.32 Å². The molecule has 0 radical (unpaired) electrons. The number of benzene rings is 2. The molecule has 1 unspecified atom stereocenters. The Bertz CT molecular complexity index is 850. The lowest BCUT2D eigenvalue weighted by Crippen LogP contribution is -2.20. The van der Waals surface area contributed by atoms with Crippen molar-refractivity contribution < 1.29 is 9.90 Å². The van der Waals surface area contributed by atoms with Gasteiger partial charge in [0.15, 0.2) is 0 Å². The summed E-state index contributed by atoms with van der Waals surface area (Å²) in [5, 5.41) is 12.8. The van der Waals surface area contributed by atoms with Crippen molar-refractivity contribution in [1.82, 2.24) is 4.98 Å². The number of para-hydroxylation sites is 1. The fraction of sp³-hybridized carbons (Fsp3) is 0.0556. The molecule has 108 valence electrons. The van der Waals surface area contributed by atoms with E-state index in [4.69, 9.17) is 0 Å². The normalized spacial score (nSPS) is 16.4. The number of aromatic hydroxyl groups is 1. The molecule has 1 aliphatic rings. The number of H-pyrrole nitrogens is 1. The van der Waals surface area contributed by atoms with E-state index in [2.05, 4.69) is 10.3 Å². The molecule has 0 amide bonds. The molecule has 2 heterocycles. The number of phenolic OH excluding ortho intramolecular Hbond substituents is 1. The van der Waals surface area contributed by atoms with E-state index < -0.39 is 6.04 Å². The molecule has 0 aliphatic carbocycles. The number of carbonyl (C=O) groups is 1. The maximum Gasteiger partial charge on any atom is 0.206 e. The molecule has 0 spiro atoms. The van der Waals surface area contributed by atoms with Gasteiger partial charge in [0.05, 0.1) is 5.69 Å². The Morgan fingerprint density at radius 1 is 0.909 bits per heavy atom. The number of Topliss-reactive ketones (excluding diaryl/α,β-unsaturated/α-hetero) is 1. The van der Waals surface area contributed by atoms with Crippen LogP contribution in [0.3, 0.4) is 0 Å². The van der Waals surface area contributed by atoms with Gasteiger partial charge in [-0.2, -0.15) is 0 Å². The Morgan fingerprint density at radius 3 is 2.50 bits per heavy atom. The van der Waals surface area contributed by atoms with Crippen LogP contribution in [-0.2, 0) is 0 Å². The minimum Gasteiger partial charge on any atom is -0.508 e. The van der Waals surface area contributed by atoms with E-state index >= 15 is 0 Å². The maximum absolute atomic E-state index is 12.9. The van der Waals surface area contributed by atoms with E-state index in [-0.39, 0.29) is 11.5 Å². The van der Waals surface area contributed by atoms with Crippen molar-refractivity contribution in [2.24, 2.45) is 0 Å². The third-order valence-electron chi connectivity index (χ3n) is 4.00. The molecule has 3 N–H and O–H groups in total. The number of carbonyl (C=O) groups excluding carboxylic acids is 1. The van der Waals surface area contributed by atoms with Crippen molar-refractivity contribution in [2.75, 3.05) is 5.32 Å². The lowest BCUT2D eigenvalue weighted by molar-refractivity contribution is 0.0966. The Morgan fingerprint density at radius 2 is 1.68 bits per heavy atom. The molecule has 0 saturated carbocycles. The number of fused-ring (bicyclic) bond motifs is 3. The van der Waals surface area contributed by atoms with Crippen LogP contribution in [0.2, 0.25) is 0 Å². The first-order valence-electron chi connectivity index (χ1n) is 7.10. The number of hydrogen-bond acceptors (Lipinski definition) is 3. The zero-order valence-electron chi connectivity index (χ0n) is 11.7. The van der Waals surface area contributed by atoms with Crippen LogP contribution in [0.1, 0.15) is 22.1 Å². The molecule has 22 heavy (non-hydrogen) atoms. The average Bonchev–Trinajstić information content (AvgIpc) is 2.99. The number of rotatable bonds is 1. The number of anilines is 1. The van der Waals surface area contributed by atoms with Crippen LogP contribution in [0, 0.1) is 0 Å². The zero-order chi connectivity index (χ0) is 15.1. The van der Waals surface area contributed by atoms with Gasteiger partial charge in [-0.05, 0) is 29.8 Å². The molecule has 0 bridgehead atoms. The van der Waals surface area contributed by atoms with E-state index in [0.29, 0.717) is 5.69 Å². The summed E-state index contributed by atoms with van der Waals surface area (Å²) in [7, 11) is 0. The molecule has 1 aromatic heterocycles. The summed E-state index contributed by atoms with van der Waals surface area (Å²) in [6.45, 7) is 0. The smallest absolute Gasteiger partial charge is 0.206 e. The highest BCUT2D eigenvalue weighted by atomic mass is 16.3. The lowest BCUT2D eigenvalue weighted by atomic mass is 9.99. The average molecular weight is 290 g/mol. The van der Waals surface area contributed by atoms with E-state index in [0.717, 1.165) is 22.4 Å². The second-order valence-electron chi connectivity index (χ2n) is 5.35. The molecule has 1 atom stereocenters. The summed E-state index contributed by atoms with van der Waals surface area (Å²) in [6, 6.07) is 16.0. The van der Waals surface area contributed by atoms with Crippen LogP contribution in [0.25, 0.3) is 11.1 Å². The zero-order valence-corrected chi connectivity index (χ0v) is 11.7. The first-order chi connectivity index (χ1) is 10.7. The van der Waals surface area contributed by atoms with Crippen LogP contribution in [0.15, 0.2) is 60.8 Å². The number of hydrogen-bond donors (Lipinski definition) is 3. The van der Waals surface area contributed by atoms with Crippen LogP contribution in [0.4, 0.5) is 5.69 Å². The van der Waals surface area contributed by atoms with Crippen molar-refractivity contribution in [1.29, 1.82) is 0 Å². The van der Waals surface area contributed by atoms with Gasteiger partial charge in [-0.3, -0.25) is 4.79 Å². The number of aromatic nitrogens is 1. The van der Waals surface area contributed by atoms with E-state index in [9.17, 15) is 9.90 Å². The fourth-order valence-corrected chi connectivity index (χ4v) is 2.91. The highest BCUT2D eigenvalue weighted by Gasteiger charge is 2.29. The van der Waals surface area contributed by atoms with Gasteiger partial charge in [0, 0.05) is 23.0 Å². The Kier molecular flexibility index (Phi) is 2.76. The van der Waals surface area contributed by atoms with Crippen molar-refractivity contribution in [3.63, 3.8) is 0 Å². The molecule has 4 rings (SSSR count). The van der Waals surface area contributed by atoms with Crippen molar-refractivity contribution in [2.45, 2.75) is 6.04 Å². The van der Waals surface area contributed by atoms with Crippen molar-refractivity contribution in [3.05, 3.63) is 72.1 Å². The lowest BCUT2D eigenvalue weighted by Gasteiger charge is -2.17. The Balaban J connectivity index is 1.90. The fourth-order valence-electron chi connectivity index (χ4n) is 2.91. The summed E-state index contributed by atoms with van der Waals surface area (Å²) in [5.74, 6) is 0.174. The number of phenols is 1. The number of nitrogens with one attached hydrogen (secondary N) is 2. The molecule has 0 saturated heterocycles. The predicted octanol–water partition coefficient (Wildman–Crippen LogP) is 3.74. The number of ketones is 1. The summed E-state index contributed by atoms with van der Waals surface area (Å²) in [5.41, 5.74) is 4.27. The summed E-state index contributed by atoms with van der Waals surface area (Å²) < 4.78 is 0. The van der Waals surface area contributed by atoms with Crippen molar-refractivity contribution in [3.8, 4) is 16.9 Å². The van der Waals surface area contributed by atoms with Crippen LogP contribution in [-0.4, -0.2) is 15.9 Å². The van der Waals surface area contributed by atoms with Gasteiger partial charge in [-0.1, -0.05) is 30.3 Å². The molecular weight excluding hydrogens is 276 g/mol. The maximum atomic E-state index is 12.9. The SMILES string of the molecule is O=C1c2[nH]ccc2-c2ccccc2NC1c1ccc(O)cc1. The van der Waals surface area contributed by atoms with Gasteiger partial charge in [-0.15, -0.1) is 0 Å². The van der Waals surface area contributed by atoms with E-state index in [1.807, 2.05) is 30.3 Å². The quantitative estimate of drug-likeness (QED) is 0.639. The van der Waals surface area contributed by atoms with Crippen LogP contribution in [0.5, 0.6) is 5.75 Å². The monoisotopic (exact) mass is 290 g/mol. The Labute approximate surface area is 127 Å². The second kappa shape index (κ2) is 4.77. The molecular formula is C18H14N2O2. The minimum absolute atomic E-state index is 0.0121. The van der Waals surface area contributed by atoms with Gasteiger partial charge in [0.1, 0.15) is 11.8 Å². The molecule has 2 aromatic carbocycles. The van der Waals surface area contributed by atoms with Gasteiger partial charge < -0.3 is 15.4 Å².